The maximum Gasteiger partial charge on any atom is 0.343 e. The van der Waals surface area contributed by atoms with Gasteiger partial charge in [-0.1, -0.05) is 40.2 Å². The Hall–Kier alpha value is -4.37. The average Bonchev–Trinajstić information content (AvgIpc) is 3.17. The first-order valence-electron chi connectivity index (χ1n) is 11.6. The number of esters is 1. The van der Waals surface area contributed by atoms with Crippen molar-refractivity contribution in [1.82, 2.24) is 0 Å². The highest BCUT2D eigenvalue weighted by Crippen LogP contribution is 2.36. The lowest BCUT2D eigenvalue weighted by Gasteiger charge is -2.21. The molecule has 0 radical (unpaired) electrons. The number of ketones is 1. The van der Waals surface area contributed by atoms with Crippen molar-refractivity contribution in [3.63, 3.8) is 0 Å². The van der Waals surface area contributed by atoms with Crippen LogP contribution in [0.1, 0.15) is 12.5 Å². The molecule has 3 aromatic carbocycles. The van der Waals surface area contributed by atoms with Gasteiger partial charge in [-0.3, -0.25) is 9.59 Å². The predicted octanol–water partition coefficient (Wildman–Crippen LogP) is 5.35. The lowest BCUT2D eigenvalue weighted by atomic mass is 10.1. The zero-order valence-corrected chi connectivity index (χ0v) is 22.6. The number of para-hydroxylation sites is 2. The molecule has 0 atom stereocenters. The van der Waals surface area contributed by atoms with Crippen LogP contribution in [0.5, 0.6) is 11.5 Å². The van der Waals surface area contributed by atoms with Gasteiger partial charge < -0.3 is 24.4 Å². The van der Waals surface area contributed by atoms with Crippen LogP contribution in [0.2, 0.25) is 0 Å². The number of rotatable bonds is 8. The van der Waals surface area contributed by atoms with E-state index in [1.54, 1.807) is 60.4 Å². The number of hydrogen-bond donors (Lipinski definition) is 1. The predicted molar refractivity (Wildman–Crippen MR) is 148 cm³/mol. The second kappa shape index (κ2) is 11.8. The molecule has 0 aliphatic carbocycles. The normalized spacial score (nSPS) is 14.1. The summed E-state index contributed by atoms with van der Waals surface area (Å²) in [6.07, 6.45) is 1.70. The van der Waals surface area contributed by atoms with Crippen molar-refractivity contribution >= 4 is 51.0 Å². The van der Waals surface area contributed by atoms with Crippen molar-refractivity contribution in [3.8, 4) is 11.5 Å². The summed E-state index contributed by atoms with van der Waals surface area (Å²) in [7, 11) is 2.78. The van der Waals surface area contributed by atoms with E-state index in [9.17, 15) is 14.4 Å². The molecule has 1 aliphatic rings. The van der Waals surface area contributed by atoms with Crippen molar-refractivity contribution in [3.05, 3.63) is 99.8 Å². The second-order valence-corrected chi connectivity index (χ2v) is 9.14. The van der Waals surface area contributed by atoms with Gasteiger partial charge in [-0.2, -0.15) is 0 Å². The molecule has 38 heavy (non-hydrogen) atoms. The molecule has 0 spiro atoms. The summed E-state index contributed by atoms with van der Waals surface area (Å²) in [6.45, 7) is 1.51. The first-order valence-corrected chi connectivity index (χ1v) is 12.4. The molecule has 0 unspecified atom stereocenters. The Kier molecular flexibility index (Phi) is 8.28. The number of allylic oxidation sites excluding steroid dienone is 2. The number of carbonyl (C=O) groups is 3. The van der Waals surface area contributed by atoms with Crippen molar-refractivity contribution in [1.29, 1.82) is 0 Å². The number of halogens is 1. The molecule has 1 heterocycles. The quantitative estimate of drug-likeness (QED) is 0.219. The number of nitrogens with one attached hydrogen (secondary N) is 1. The van der Waals surface area contributed by atoms with E-state index in [4.69, 9.17) is 14.2 Å². The fraction of sp³-hybridized carbons (Fsp3) is 0.138. The summed E-state index contributed by atoms with van der Waals surface area (Å²) in [5, 5.41) is 2.76. The van der Waals surface area contributed by atoms with E-state index in [0.29, 0.717) is 34.1 Å². The number of hydrogen-bond acceptors (Lipinski definition) is 7. The third-order valence-electron chi connectivity index (χ3n) is 5.81. The van der Waals surface area contributed by atoms with Crippen LogP contribution in [0.15, 0.2) is 94.2 Å². The van der Waals surface area contributed by atoms with Crippen LogP contribution in [0.3, 0.4) is 0 Å². The van der Waals surface area contributed by atoms with Crippen molar-refractivity contribution in [2.45, 2.75) is 6.92 Å². The summed E-state index contributed by atoms with van der Waals surface area (Å²) in [5.41, 5.74) is 2.77. The number of carbonyl (C=O) groups excluding carboxylic acids is 3. The van der Waals surface area contributed by atoms with E-state index in [1.165, 1.54) is 14.2 Å². The lowest BCUT2D eigenvalue weighted by Crippen LogP contribution is -2.20. The van der Waals surface area contributed by atoms with E-state index in [2.05, 4.69) is 21.2 Å². The van der Waals surface area contributed by atoms with Gasteiger partial charge in [-0.05, 0) is 67.1 Å². The van der Waals surface area contributed by atoms with Gasteiger partial charge in [-0.25, -0.2) is 4.79 Å². The highest BCUT2D eigenvalue weighted by Gasteiger charge is 2.38. The fourth-order valence-electron chi connectivity index (χ4n) is 3.98. The summed E-state index contributed by atoms with van der Waals surface area (Å²) in [5.74, 6) is -0.413. The third-order valence-corrected chi connectivity index (χ3v) is 6.34. The zero-order chi connectivity index (χ0) is 27.2. The molecule has 8 nitrogen and oxygen atoms in total. The first kappa shape index (κ1) is 26.7. The van der Waals surface area contributed by atoms with Gasteiger partial charge in [0.2, 0.25) is 5.78 Å². The van der Waals surface area contributed by atoms with Crippen LogP contribution < -0.4 is 19.7 Å². The third kappa shape index (κ3) is 5.78. The number of anilines is 2. The number of methoxy groups -OCH3 is 2. The largest absolute Gasteiger partial charge is 0.495 e. The molecule has 194 valence electrons. The summed E-state index contributed by atoms with van der Waals surface area (Å²) < 4.78 is 16.6. The van der Waals surface area contributed by atoms with Gasteiger partial charge in [0.1, 0.15) is 17.1 Å². The molecule has 1 N–H and O–H groups in total. The lowest BCUT2D eigenvalue weighted by molar-refractivity contribution is -0.137. The SMILES string of the molecule is COC(=O)C1=C(C)N(c2ccc(Br)cc2)C(=Cc2ccc(OCC(=O)Nc3ccccc3OC)cc2)C1=O. The molecule has 0 fully saturated rings. The molecular weight excluding hydrogens is 552 g/mol. The smallest absolute Gasteiger partial charge is 0.343 e. The Bertz CT molecular complexity index is 1430. The van der Waals surface area contributed by atoms with Crippen LogP contribution >= 0.6 is 15.9 Å². The molecule has 0 aromatic heterocycles. The monoisotopic (exact) mass is 576 g/mol. The summed E-state index contributed by atoms with van der Waals surface area (Å²) in [6, 6.07) is 21.4. The summed E-state index contributed by atoms with van der Waals surface area (Å²) in [4.78, 5) is 39.7. The van der Waals surface area contributed by atoms with Gasteiger partial charge in [0, 0.05) is 15.9 Å². The number of nitrogens with zero attached hydrogens (tertiary/aromatic N) is 1. The zero-order valence-electron chi connectivity index (χ0n) is 21.0. The van der Waals surface area contributed by atoms with Gasteiger partial charge in [0.05, 0.1) is 25.6 Å². The van der Waals surface area contributed by atoms with Crippen molar-refractivity contribution < 1.29 is 28.6 Å². The average molecular weight is 577 g/mol. The van der Waals surface area contributed by atoms with Crippen LogP contribution in [0, 0.1) is 0 Å². The molecule has 1 aliphatic heterocycles. The van der Waals surface area contributed by atoms with E-state index in [-0.39, 0.29) is 18.1 Å². The minimum Gasteiger partial charge on any atom is -0.495 e. The highest BCUT2D eigenvalue weighted by molar-refractivity contribution is 9.10. The molecule has 9 heteroatoms. The minimum absolute atomic E-state index is 0.0114. The molecule has 0 bridgehead atoms. The minimum atomic E-state index is -0.687. The maximum absolute atomic E-state index is 13.3. The van der Waals surface area contributed by atoms with Crippen LogP contribution in [0.25, 0.3) is 6.08 Å². The number of ether oxygens (including phenoxy) is 3. The molecule has 3 aromatic rings. The molecular formula is C29H25BrN2O6. The molecule has 0 saturated carbocycles. The number of benzene rings is 3. The maximum atomic E-state index is 13.3. The van der Waals surface area contributed by atoms with Crippen molar-refractivity contribution in [2.75, 3.05) is 31.0 Å². The van der Waals surface area contributed by atoms with Crippen LogP contribution in [0.4, 0.5) is 11.4 Å². The van der Waals surface area contributed by atoms with E-state index < -0.39 is 11.8 Å². The Morgan fingerprint density at radius 2 is 1.66 bits per heavy atom. The molecule has 4 rings (SSSR count). The molecule has 0 saturated heterocycles. The van der Waals surface area contributed by atoms with E-state index in [0.717, 1.165) is 10.2 Å². The molecule has 1 amide bonds. The summed E-state index contributed by atoms with van der Waals surface area (Å²) >= 11 is 3.42. The van der Waals surface area contributed by atoms with Gasteiger partial charge in [0.15, 0.2) is 6.61 Å². The number of Topliss-reactive ketones (excluding diaryl/α,β-unsaturated/α-hetero) is 1. The fourth-order valence-corrected chi connectivity index (χ4v) is 4.25. The Morgan fingerprint density at radius 1 is 0.974 bits per heavy atom. The standard InChI is InChI=1S/C29H25BrN2O6/c1-18-27(29(35)37-3)28(34)24(32(18)21-12-10-20(30)11-13-21)16-19-8-14-22(15-9-19)38-17-26(33)31-23-6-4-5-7-25(23)36-2/h4-16H,17H2,1-3H3,(H,31,33). The Labute approximate surface area is 228 Å². The van der Waals surface area contributed by atoms with E-state index >= 15 is 0 Å². The van der Waals surface area contributed by atoms with Gasteiger partial charge >= 0.3 is 5.97 Å². The number of amides is 1. The van der Waals surface area contributed by atoms with Gasteiger partial charge in [0.25, 0.3) is 5.91 Å². The Morgan fingerprint density at radius 3 is 2.32 bits per heavy atom. The topological polar surface area (TPSA) is 94.2 Å². The van der Waals surface area contributed by atoms with Gasteiger partial charge in [-0.15, -0.1) is 0 Å². The second-order valence-electron chi connectivity index (χ2n) is 8.23. The van der Waals surface area contributed by atoms with Crippen LogP contribution in [-0.2, 0) is 19.1 Å². The van der Waals surface area contributed by atoms with Crippen molar-refractivity contribution in [2.24, 2.45) is 0 Å². The first-order chi connectivity index (χ1) is 18.3. The van der Waals surface area contributed by atoms with Crippen LogP contribution in [-0.4, -0.2) is 38.5 Å². The Balaban J connectivity index is 1.51. The van der Waals surface area contributed by atoms with E-state index in [1.807, 2.05) is 30.3 Å². The highest BCUT2D eigenvalue weighted by atomic mass is 79.9.